The molecule has 0 amide bonds. The van der Waals surface area contributed by atoms with Gasteiger partial charge in [-0.1, -0.05) is 97.1 Å². The maximum Gasteiger partial charge on any atom is 0.158 e. The lowest BCUT2D eigenvalue weighted by atomic mass is 9.96. The number of fused-ring (bicyclic) bond motifs is 6. The molecule has 1 N–H and O–H groups in total. The van der Waals surface area contributed by atoms with E-state index in [1.54, 1.807) is 0 Å². The first-order valence-corrected chi connectivity index (χ1v) is 16.2. The molecule has 8 bridgehead atoms. The first-order valence-electron chi connectivity index (χ1n) is 16.2. The van der Waals surface area contributed by atoms with E-state index in [-0.39, 0.29) is 0 Å². The van der Waals surface area contributed by atoms with Crippen LogP contribution in [0, 0.1) is 0 Å². The molecule has 5 heterocycles. The average Bonchev–Trinajstić information content (AvgIpc) is 3.96. The summed E-state index contributed by atoms with van der Waals surface area (Å²) in [6, 6.07) is 47.0. The molecule has 0 saturated carbocycles. The second-order valence-corrected chi connectivity index (χ2v) is 12.1. The summed E-state index contributed by atoms with van der Waals surface area (Å²) in [6.45, 7) is 0. The number of benzene rings is 4. The Bertz CT molecular complexity index is 2410. The number of aromatic nitrogens is 1. The summed E-state index contributed by atoms with van der Waals surface area (Å²) >= 11 is 0. The van der Waals surface area contributed by atoms with Gasteiger partial charge < -0.3 is 4.98 Å². The minimum Gasteiger partial charge on any atom is -0.355 e. The van der Waals surface area contributed by atoms with Gasteiger partial charge in [0, 0.05) is 58.8 Å². The van der Waals surface area contributed by atoms with E-state index in [2.05, 4.69) is 181 Å². The van der Waals surface area contributed by atoms with Crippen molar-refractivity contribution in [3.05, 3.63) is 215 Å². The average molecular weight is 616 g/mol. The lowest BCUT2D eigenvalue weighted by Crippen LogP contribution is -2.40. The van der Waals surface area contributed by atoms with Gasteiger partial charge in [0.25, 0.3) is 0 Å². The Morgan fingerprint density at radius 2 is 1.00 bits per heavy atom. The summed E-state index contributed by atoms with van der Waals surface area (Å²) in [5.41, 5.74) is 12.4. The highest BCUT2D eigenvalue weighted by Gasteiger charge is 2.47. The molecule has 226 valence electrons. The van der Waals surface area contributed by atoms with E-state index in [1.165, 1.54) is 0 Å². The fourth-order valence-electron chi connectivity index (χ4n) is 7.17. The third kappa shape index (κ3) is 4.58. The van der Waals surface area contributed by atoms with Crippen LogP contribution in [-0.2, 0) is 0 Å². The summed E-state index contributed by atoms with van der Waals surface area (Å²) in [4.78, 5) is 14.2. The topological polar surface area (TPSA) is 40.5 Å². The summed E-state index contributed by atoms with van der Waals surface area (Å²) in [7, 11) is 0. The first kappa shape index (κ1) is 27.9. The highest BCUT2D eigenvalue weighted by molar-refractivity contribution is 6.33. The number of aliphatic imine (C=N–C) groups is 2. The molecular weight excluding hydrogens is 585 g/mol. The lowest BCUT2D eigenvalue weighted by Gasteiger charge is -2.37. The van der Waals surface area contributed by atoms with Gasteiger partial charge in [-0.2, -0.15) is 4.48 Å². The molecule has 0 fully saturated rings. The normalized spacial score (nSPS) is 17.4. The van der Waals surface area contributed by atoms with Crippen LogP contribution in [0.25, 0.3) is 23.3 Å². The van der Waals surface area contributed by atoms with Crippen molar-refractivity contribution in [3.8, 4) is 0 Å². The molecule has 4 heteroatoms. The Balaban J connectivity index is 1.42. The fraction of sp³-hybridized carbons (Fsp3) is 0. The molecule has 9 rings (SSSR count). The maximum absolute atomic E-state index is 5.46. The molecule has 4 aliphatic rings. The van der Waals surface area contributed by atoms with Crippen LogP contribution in [0.3, 0.4) is 0 Å². The van der Waals surface area contributed by atoms with E-state index in [0.29, 0.717) is 4.48 Å². The Morgan fingerprint density at radius 1 is 0.458 bits per heavy atom. The molecule has 0 atom stereocenters. The van der Waals surface area contributed by atoms with Crippen molar-refractivity contribution in [2.75, 3.05) is 0 Å². The minimum atomic E-state index is 0.396. The lowest BCUT2D eigenvalue weighted by molar-refractivity contribution is 0.626. The molecule has 0 unspecified atom stereocenters. The van der Waals surface area contributed by atoms with Gasteiger partial charge in [-0.05, 0) is 53.6 Å². The smallest absolute Gasteiger partial charge is 0.158 e. The van der Waals surface area contributed by atoms with Gasteiger partial charge >= 0.3 is 0 Å². The van der Waals surface area contributed by atoms with Crippen molar-refractivity contribution in [1.29, 1.82) is 0 Å². The van der Waals surface area contributed by atoms with Crippen LogP contribution in [0.4, 0.5) is 11.4 Å². The Labute approximate surface area is 279 Å². The second kappa shape index (κ2) is 11.5. The molecule has 5 aromatic rings. The van der Waals surface area contributed by atoms with Gasteiger partial charge in [0.1, 0.15) is 17.1 Å². The van der Waals surface area contributed by atoms with Crippen LogP contribution in [-0.4, -0.2) is 16.4 Å². The molecule has 0 radical (unpaired) electrons. The van der Waals surface area contributed by atoms with Gasteiger partial charge in [-0.25, -0.2) is 9.98 Å². The Morgan fingerprint density at radius 3 is 1.65 bits per heavy atom. The number of para-hydroxylation sites is 2. The number of nitrogens with zero attached hydrogens (tertiary/aromatic N) is 3. The molecule has 1 aromatic heterocycles. The molecule has 4 aliphatic heterocycles. The zero-order chi connectivity index (χ0) is 31.9. The van der Waals surface area contributed by atoms with Crippen molar-refractivity contribution in [2.24, 2.45) is 9.98 Å². The van der Waals surface area contributed by atoms with Crippen LogP contribution < -0.4 is 15.2 Å². The molecule has 0 aliphatic carbocycles. The molecule has 4 nitrogen and oxygen atoms in total. The van der Waals surface area contributed by atoms with Crippen LogP contribution in [0.5, 0.6) is 0 Å². The van der Waals surface area contributed by atoms with Crippen molar-refractivity contribution in [2.45, 2.75) is 0 Å². The third-order valence-corrected chi connectivity index (χ3v) is 9.24. The van der Waals surface area contributed by atoms with Gasteiger partial charge in [0.2, 0.25) is 0 Å². The summed E-state index contributed by atoms with van der Waals surface area (Å²) < 4.78 is 0.396. The van der Waals surface area contributed by atoms with Crippen molar-refractivity contribution in [3.63, 3.8) is 0 Å². The summed E-state index contributed by atoms with van der Waals surface area (Å²) in [5.74, 6) is 0. The van der Waals surface area contributed by atoms with Crippen molar-refractivity contribution in [1.82, 2.24) is 9.47 Å². The number of aromatic amines is 1. The molecule has 0 saturated heterocycles. The van der Waals surface area contributed by atoms with E-state index in [0.717, 1.165) is 78.6 Å². The monoisotopic (exact) mass is 615 g/mol. The zero-order valence-electron chi connectivity index (χ0n) is 26.2. The van der Waals surface area contributed by atoms with Gasteiger partial charge in [0.05, 0.1) is 28.4 Å². The molecular formula is C44H31N4+. The van der Waals surface area contributed by atoms with Crippen LogP contribution in [0.15, 0.2) is 203 Å². The second-order valence-electron chi connectivity index (χ2n) is 12.1. The predicted molar refractivity (Wildman–Crippen MR) is 199 cm³/mol. The number of quaternary nitrogens is 1. The fourth-order valence-corrected chi connectivity index (χ4v) is 7.17. The summed E-state index contributed by atoms with van der Waals surface area (Å²) in [5, 5.41) is 2.01. The van der Waals surface area contributed by atoms with Crippen molar-refractivity contribution >= 4 is 46.1 Å². The quantitative estimate of drug-likeness (QED) is 0.197. The van der Waals surface area contributed by atoms with Crippen LogP contribution >= 0.6 is 0 Å². The molecule has 48 heavy (non-hydrogen) atoms. The van der Waals surface area contributed by atoms with E-state index < -0.39 is 0 Å². The summed E-state index contributed by atoms with van der Waals surface area (Å²) in [6.07, 6.45) is 17.4. The number of rotatable bonds is 4. The van der Waals surface area contributed by atoms with E-state index >= 15 is 0 Å². The largest absolute Gasteiger partial charge is 0.355 e. The Hall–Kier alpha value is -6.36. The van der Waals surface area contributed by atoms with Gasteiger partial charge in [-0.3, -0.25) is 0 Å². The van der Waals surface area contributed by atoms with Crippen LogP contribution in [0.2, 0.25) is 0 Å². The number of H-pyrrole nitrogens is 1. The Kier molecular flexibility index (Phi) is 6.66. The highest BCUT2D eigenvalue weighted by Crippen LogP contribution is 2.52. The molecule has 0 spiro atoms. The minimum absolute atomic E-state index is 0.396. The third-order valence-electron chi connectivity index (χ3n) is 9.24. The van der Waals surface area contributed by atoms with Crippen LogP contribution in [0.1, 0.15) is 11.1 Å². The standard InChI is InChI=1S/C44H31N4/c1-5-13-31(14-6-1)43-39-25-23-34(46-39)29-33-21-22-35(45-33)30-38-24-28-42(44(32-15-7-2-8-16-32)41-27-26-40(43)47-41)48(38,36-17-9-3-10-18-36)37-19-11-4-12-20-37/h1-30,45H/q+1. The van der Waals surface area contributed by atoms with E-state index in [9.17, 15) is 0 Å². The number of allylic oxidation sites excluding steroid dienone is 9. The SMILES string of the molecule is C1=CC2=C(c3ccccc3)C3=NC(=C(c4ccccc4)C4=CC=C(C=c5ccc([nH]5)=CC1=N2)[N+]4(c1ccccc1)c1ccccc1)C=C3. The first-order chi connectivity index (χ1) is 23.8. The molecule has 4 aromatic carbocycles. The zero-order valence-corrected chi connectivity index (χ0v) is 26.2. The van der Waals surface area contributed by atoms with Gasteiger partial charge in [0.15, 0.2) is 5.70 Å². The van der Waals surface area contributed by atoms with E-state index in [4.69, 9.17) is 9.98 Å². The number of nitrogens with one attached hydrogen (secondary N) is 1. The number of hydrogen-bond donors (Lipinski definition) is 1. The van der Waals surface area contributed by atoms with E-state index in [1.807, 2.05) is 6.07 Å². The number of hydrogen-bond acceptors (Lipinski definition) is 2. The maximum atomic E-state index is 5.46. The van der Waals surface area contributed by atoms with Crippen molar-refractivity contribution < 1.29 is 0 Å². The highest BCUT2D eigenvalue weighted by atomic mass is 15.4. The predicted octanol–water partition coefficient (Wildman–Crippen LogP) is 8.55. The van der Waals surface area contributed by atoms with Gasteiger partial charge in [-0.15, -0.1) is 0 Å².